The fourth-order valence-electron chi connectivity index (χ4n) is 2.90. The number of nitrogens with zero attached hydrogens (tertiary/aromatic N) is 1. The molecule has 1 aromatic heterocycles. The van der Waals surface area contributed by atoms with Gasteiger partial charge in [0.1, 0.15) is 23.9 Å². The van der Waals surface area contributed by atoms with Gasteiger partial charge in [-0.25, -0.2) is 9.59 Å². The Bertz CT molecular complexity index is 639. The van der Waals surface area contributed by atoms with Crippen LogP contribution in [0.4, 0.5) is 0 Å². The zero-order valence-electron chi connectivity index (χ0n) is 13.2. The van der Waals surface area contributed by atoms with Gasteiger partial charge in [-0.2, -0.15) is 5.10 Å². The Morgan fingerprint density at radius 1 is 1.22 bits per heavy atom. The summed E-state index contributed by atoms with van der Waals surface area (Å²) in [4.78, 5) is 23.9. The topological polar surface area (TPSA) is 109 Å². The van der Waals surface area contributed by atoms with Crippen molar-refractivity contribution in [3.05, 3.63) is 17.0 Å². The van der Waals surface area contributed by atoms with Crippen LogP contribution in [0.25, 0.3) is 0 Å². The summed E-state index contributed by atoms with van der Waals surface area (Å²) in [6, 6.07) is 0. The van der Waals surface area contributed by atoms with Gasteiger partial charge in [-0.3, -0.25) is 5.10 Å². The number of rotatable bonds is 3. The normalized spacial score (nSPS) is 28.4. The van der Waals surface area contributed by atoms with E-state index in [4.69, 9.17) is 18.9 Å². The predicted molar refractivity (Wildman–Crippen MR) is 73.8 cm³/mol. The zero-order chi connectivity index (χ0) is 16.8. The fourth-order valence-corrected chi connectivity index (χ4v) is 2.90. The highest BCUT2D eigenvalue weighted by Crippen LogP contribution is 2.42. The SMILES string of the molecule is COC(=O)c1n[nH]c([C@@H]2OC[C@H]3OC(C)(C)O[C@@H]32)c1C(=O)OC. The van der Waals surface area contributed by atoms with E-state index in [1.165, 1.54) is 14.2 Å². The Hall–Kier alpha value is -1.97. The summed E-state index contributed by atoms with van der Waals surface area (Å²) in [6.45, 7) is 3.92. The minimum absolute atomic E-state index is 0.0155. The fraction of sp³-hybridized carbons (Fsp3) is 0.643. The third-order valence-electron chi connectivity index (χ3n) is 3.81. The van der Waals surface area contributed by atoms with Gasteiger partial charge in [-0.05, 0) is 13.8 Å². The maximum atomic E-state index is 12.1. The summed E-state index contributed by atoms with van der Waals surface area (Å²) in [6.07, 6.45) is -1.30. The lowest BCUT2D eigenvalue weighted by Gasteiger charge is -2.21. The molecule has 2 saturated heterocycles. The second-order valence-corrected chi connectivity index (χ2v) is 5.74. The van der Waals surface area contributed by atoms with Gasteiger partial charge < -0.3 is 23.7 Å². The molecule has 1 N–H and O–H groups in total. The van der Waals surface area contributed by atoms with Crippen molar-refractivity contribution in [2.45, 2.75) is 37.9 Å². The van der Waals surface area contributed by atoms with Crippen molar-refractivity contribution in [3.8, 4) is 0 Å². The molecular formula is C14H18N2O7. The number of carbonyl (C=O) groups is 2. The van der Waals surface area contributed by atoms with E-state index in [9.17, 15) is 9.59 Å². The maximum Gasteiger partial charge on any atom is 0.359 e. The van der Waals surface area contributed by atoms with Gasteiger partial charge in [0.2, 0.25) is 0 Å². The molecule has 0 radical (unpaired) electrons. The molecule has 0 unspecified atom stereocenters. The first-order valence-electron chi connectivity index (χ1n) is 7.10. The molecule has 3 heterocycles. The highest BCUT2D eigenvalue weighted by atomic mass is 16.8. The van der Waals surface area contributed by atoms with Crippen LogP contribution in [-0.2, 0) is 23.7 Å². The lowest BCUT2D eigenvalue weighted by Crippen LogP contribution is -2.26. The van der Waals surface area contributed by atoms with Crippen molar-refractivity contribution in [1.29, 1.82) is 0 Å². The Morgan fingerprint density at radius 2 is 1.91 bits per heavy atom. The van der Waals surface area contributed by atoms with Crippen LogP contribution in [0.15, 0.2) is 0 Å². The van der Waals surface area contributed by atoms with Crippen LogP contribution in [-0.4, -0.2) is 61.0 Å². The van der Waals surface area contributed by atoms with Gasteiger partial charge in [0, 0.05) is 0 Å². The first-order chi connectivity index (χ1) is 10.9. The Labute approximate surface area is 132 Å². The van der Waals surface area contributed by atoms with Crippen molar-refractivity contribution in [2.75, 3.05) is 20.8 Å². The van der Waals surface area contributed by atoms with Crippen LogP contribution in [0.1, 0.15) is 46.5 Å². The van der Waals surface area contributed by atoms with Gasteiger partial charge in [0.25, 0.3) is 0 Å². The predicted octanol–water partition coefficient (Wildman–Crippen LogP) is 0.574. The van der Waals surface area contributed by atoms with E-state index < -0.39 is 29.9 Å². The third-order valence-corrected chi connectivity index (χ3v) is 3.81. The molecule has 9 heteroatoms. The molecule has 0 saturated carbocycles. The average Bonchev–Trinajstić information content (AvgIpc) is 3.16. The Morgan fingerprint density at radius 3 is 2.57 bits per heavy atom. The van der Waals surface area contributed by atoms with E-state index in [2.05, 4.69) is 14.9 Å². The lowest BCUT2D eigenvalue weighted by molar-refractivity contribution is -0.176. The van der Waals surface area contributed by atoms with E-state index in [0.29, 0.717) is 12.3 Å². The van der Waals surface area contributed by atoms with Crippen LogP contribution in [0, 0.1) is 0 Å². The summed E-state index contributed by atoms with van der Waals surface area (Å²) in [5, 5.41) is 6.55. The number of aromatic amines is 1. The molecule has 2 aliphatic rings. The molecule has 0 spiro atoms. The molecule has 2 aliphatic heterocycles. The molecule has 0 bridgehead atoms. The number of aromatic nitrogens is 2. The number of nitrogens with one attached hydrogen (secondary N) is 1. The number of H-pyrrole nitrogens is 1. The van der Waals surface area contributed by atoms with E-state index >= 15 is 0 Å². The monoisotopic (exact) mass is 326 g/mol. The number of fused-ring (bicyclic) bond motifs is 1. The van der Waals surface area contributed by atoms with Crippen LogP contribution < -0.4 is 0 Å². The number of hydrogen-bond acceptors (Lipinski definition) is 8. The van der Waals surface area contributed by atoms with E-state index in [0.717, 1.165) is 0 Å². The van der Waals surface area contributed by atoms with E-state index in [1.54, 1.807) is 13.8 Å². The molecule has 0 aromatic carbocycles. The molecule has 2 fully saturated rings. The van der Waals surface area contributed by atoms with Gasteiger partial charge in [0.15, 0.2) is 11.5 Å². The zero-order valence-corrected chi connectivity index (χ0v) is 13.2. The van der Waals surface area contributed by atoms with E-state index in [1.807, 2.05) is 0 Å². The van der Waals surface area contributed by atoms with Gasteiger partial charge in [-0.1, -0.05) is 0 Å². The molecule has 0 amide bonds. The number of methoxy groups -OCH3 is 2. The molecule has 3 rings (SSSR count). The summed E-state index contributed by atoms with van der Waals surface area (Å²) >= 11 is 0. The standard InChI is InChI=1S/C14H18N2O7/c1-14(2)22-6-5-21-11(10(6)23-14)8-7(12(17)19-3)9(16-15-8)13(18)20-4/h6,10-11H,5H2,1-4H3,(H,15,16)/t6-,10+,11+/m1/s1. The average molecular weight is 326 g/mol. The van der Waals surface area contributed by atoms with Crippen LogP contribution in [0.5, 0.6) is 0 Å². The summed E-state index contributed by atoms with van der Waals surface area (Å²) < 4.78 is 26.6. The molecular weight excluding hydrogens is 308 g/mol. The highest BCUT2D eigenvalue weighted by Gasteiger charge is 2.52. The second-order valence-electron chi connectivity index (χ2n) is 5.74. The summed E-state index contributed by atoms with van der Waals surface area (Å²) in [5.41, 5.74) is 0.143. The first kappa shape index (κ1) is 15.9. The van der Waals surface area contributed by atoms with Crippen LogP contribution in [0.3, 0.4) is 0 Å². The van der Waals surface area contributed by atoms with Crippen LogP contribution >= 0.6 is 0 Å². The highest BCUT2D eigenvalue weighted by molar-refractivity contribution is 6.02. The molecule has 126 valence electrons. The minimum atomic E-state index is -0.744. The molecule has 23 heavy (non-hydrogen) atoms. The number of carbonyl (C=O) groups excluding carboxylic acids is 2. The van der Waals surface area contributed by atoms with E-state index in [-0.39, 0.29) is 17.4 Å². The number of ether oxygens (including phenoxy) is 5. The van der Waals surface area contributed by atoms with Crippen molar-refractivity contribution in [3.63, 3.8) is 0 Å². The largest absolute Gasteiger partial charge is 0.465 e. The van der Waals surface area contributed by atoms with Crippen molar-refractivity contribution >= 4 is 11.9 Å². The van der Waals surface area contributed by atoms with Crippen molar-refractivity contribution in [2.24, 2.45) is 0 Å². The Kier molecular flexibility index (Phi) is 3.86. The Balaban J connectivity index is 1.98. The summed E-state index contributed by atoms with van der Waals surface area (Å²) in [7, 11) is 2.42. The lowest BCUT2D eigenvalue weighted by atomic mass is 10.0. The maximum absolute atomic E-state index is 12.1. The second kappa shape index (κ2) is 5.59. The smallest absolute Gasteiger partial charge is 0.359 e. The van der Waals surface area contributed by atoms with Crippen molar-refractivity contribution in [1.82, 2.24) is 10.2 Å². The molecule has 9 nitrogen and oxygen atoms in total. The summed E-state index contributed by atoms with van der Waals surface area (Å²) in [5.74, 6) is -2.20. The number of esters is 2. The molecule has 1 aromatic rings. The minimum Gasteiger partial charge on any atom is -0.465 e. The van der Waals surface area contributed by atoms with Gasteiger partial charge in [0.05, 0.1) is 26.5 Å². The van der Waals surface area contributed by atoms with Crippen molar-refractivity contribution < 1.29 is 33.3 Å². The van der Waals surface area contributed by atoms with Crippen LogP contribution in [0.2, 0.25) is 0 Å². The first-order valence-corrected chi connectivity index (χ1v) is 7.10. The quantitative estimate of drug-likeness (QED) is 0.803. The van der Waals surface area contributed by atoms with Gasteiger partial charge in [-0.15, -0.1) is 0 Å². The molecule has 0 aliphatic carbocycles. The van der Waals surface area contributed by atoms with Gasteiger partial charge >= 0.3 is 11.9 Å². The molecule has 3 atom stereocenters. The third kappa shape index (κ3) is 2.60. The number of hydrogen-bond donors (Lipinski definition) is 1.